The number of amides is 1. The van der Waals surface area contributed by atoms with Gasteiger partial charge in [-0.05, 0) is 65.6 Å². The predicted molar refractivity (Wildman–Crippen MR) is 128 cm³/mol. The van der Waals surface area contributed by atoms with Crippen molar-refractivity contribution in [1.29, 1.82) is 0 Å². The molecule has 0 aromatic heterocycles. The normalized spacial score (nSPS) is 14.7. The van der Waals surface area contributed by atoms with Gasteiger partial charge >= 0.3 is 17.5 Å². The van der Waals surface area contributed by atoms with Crippen LogP contribution in [-0.2, 0) is 28.7 Å². The number of ether oxygens (including phenoxy) is 2. The van der Waals surface area contributed by atoms with E-state index >= 15 is 0 Å². The largest absolute Gasteiger partial charge is 0.457 e. The number of nitrogens with zero attached hydrogens (tertiary/aromatic N) is 5. The maximum atomic E-state index is 13.6. The molecule has 12 nitrogen and oxygen atoms in total. The number of anilines is 1. The molecule has 1 aliphatic heterocycles. The fraction of sp³-hybridized carbons (Fsp3) is 0.565. The number of nitrogens with two attached hydrogens (primary N) is 1. The number of benzene rings is 1. The molecule has 1 aliphatic rings. The van der Waals surface area contributed by atoms with Crippen LogP contribution in [-0.4, -0.2) is 65.7 Å². The van der Waals surface area contributed by atoms with Crippen LogP contribution in [0.1, 0.15) is 47.1 Å². The molecule has 0 spiro atoms. The minimum Gasteiger partial charge on any atom is -0.457 e. The summed E-state index contributed by atoms with van der Waals surface area (Å²) in [7, 11) is 0. The lowest BCUT2D eigenvalue weighted by Gasteiger charge is -2.40. The first-order chi connectivity index (χ1) is 16.1. The van der Waals surface area contributed by atoms with Crippen molar-refractivity contribution in [3.8, 4) is 0 Å². The summed E-state index contributed by atoms with van der Waals surface area (Å²) >= 11 is 0. The summed E-state index contributed by atoms with van der Waals surface area (Å²) in [6, 6.07) is 5.16. The number of piperazine rings is 1. The van der Waals surface area contributed by atoms with Crippen LogP contribution in [0.5, 0.6) is 0 Å². The van der Waals surface area contributed by atoms with E-state index in [2.05, 4.69) is 16.9 Å². The molecule has 191 valence electrons. The maximum Gasteiger partial charge on any atom is 0.363 e. The van der Waals surface area contributed by atoms with Gasteiger partial charge in [-0.1, -0.05) is 17.2 Å². The van der Waals surface area contributed by atoms with E-state index in [0.717, 1.165) is 5.56 Å². The Bertz CT molecular complexity index is 986. The first-order valence-electron chi connectivity index (χ1n) is 11.0. The van der Waals surface area contributed by atoms with Gasteiger partial charge in [-0.3, -0.25) is 9.63 Å². The van der Waals surface area contributed by atoms with E-state index in [1.807, 2.05) is 4.90 Å². The Kier molecular flexibility index (Phi) is 8.38. The van der Waals surface area contributed by atoms with Crippen LogP contribution in [0.15, 0.2) is 23.3 Å². The zero-order chi connectivity index (χ0) is 26.6. The van der Waals surface area contributed by atoms with Gasteiger partial charge in [-0.25, -0.2) is 15.5 Å². The summed E-state index contributed by atoms with van der Waals surface area (Å²) < 4.78 is 10.7. The van der Waals surface area contributed by atoms with Crippen molar-refractivity contribution in [2.24, 2.45) is 11.0 Å². The number of rotatable bonds is 6. The van der Waals surface area contributed by atoms with Gasteiger partial charge in [0.1, 0.15) is 11.2 Å². The van der Waals surface area contributed by atoms with E-state index in [4.69, 9.17) is 25.7 Å². The third-order valence-corrected chi connectivity index (χ3v) is 4.95. The predicted octanol–water partition coefficient (Wildman–Crippen LogP) is 2.77. The molecule has 0 bridgehead atoms. The Morgan fingerprint density at radius 3 is 1.94 bits per heavy atom. The second kappa shape index (κ2) is 10.5. The molecule has 1 saturated heterocycles. The van der Waals surface area contributed by atoms with Crippen molar-refractivity contribution in [3.05, 3.63) is 41.1 Å². The highest BCUT2D eigenvalue weighted by molar-refractivity contribution is 6.23. The lowest BCUT2D eigenvalue weighted by Crippen LogP contribution is -2.66. The SMILES string of the molecule is [CH2]c1ccc(N=[N+]=[N-])c(N2CCN(C(=O)C(ON)(C(=O)OC(C)(C)C)C(=O)OC(C)(C)C)CC2)c1. The summed E-state index contributed by atoms with van der Waals surface area (Å²) in [5.41, 5.74) is 5.78. The number of carbonyl (C=O) groups excluding carboxylic acids is 3. The van der Waals surface area contributed by atoms with Crippen molar-refractivity contribution in [1.82, 2.24) is 4.90 Å². The van der Waals surface area contributed by atoms with Crippen LogP contribution in [0.4, 0.5) is 11.4 Å². The Hall–Kier alpha value is -3.34. The van der Waals surface area contributed by atoms with Gasteiger partial charge in [0.2, 0.25) is 0 Å². The van der Waals surface area contributed by atoms with Gasteiger partial charge < -0.3 is 19.3 Å². The molecular formula is C23H33N6O6. The van der Waals surface area contributed by atoms with Crippen LogP contribution in [0, 0.1) is 6.92 Å². The summed E-state index contributed by atoms with van der Waals surface area (Å²) in [6.45, 7) is 14.3. The zero-order valence-corrected chi connectivity index (χ0v) is 21.0. The molecule has 35 heavy (non-hydrogen) atoms. The standard InChI is InChI=1S/C23H33N6O6/c1-15-8-9-16(26-27-24)17(14-15)28-10-12-29(13-11-28)18(30)23(35-25,19(31)33-21(2,3)4)20(32)34-22(5,6)7/h8-9,14H,1,10-13,25H2,2-7H3. The third kappa shape index (κ3) is 6.62. The van der Waals surface area contributed by atoms with E-state index in [1.54, 1.807) is 59.7 Å². The highest BCUT2D eigenvalue weighted by atomic mass is 16.7. The summed E-state index contributed by atoms with van der Waals surface area (Å²) in [6.07, 6.45) is 0. The van der Waals surface area contributed by atoms with Crippen LogP contribution in [0.3, 0.4) is 0 Å². The summed E-state index contributed by atoms with van der Waals surface area (Å²) in [4.78, 5) is 50.7. The van der Waals surface area contributed by atoms with E-state index < -0.39 is 34.6 Å². The van der Waals surface area contributed by atoms with E-state index in [-0.39, 0.29) is 13.1 Å². The lowest BCUT2D eigenvalue weighted by molar-refractivity contribution is -0.208. The molecular weight excluding hydrogens is 456 g/mol. The zero-order valence-electron chi connectivity index (χ0n) is 21.0. The third-order valence-electron chi connectivity index (χ3n) is 4.95. The first-order valence-corrected chi connectivity index (χ1v) is 11.0. The monoisotopic (exact) mass is 489 g/mol. The minimum atomic E-state index is -2.83. The van der Waals surface area contributed by atoms with Gasteiger partial charge in [0.05, 0.1) is 5.69 Å². The molecule has 1 radical (unpaired) electrons. The van der Waals surface area contributed by atoms with Crippen LogP contribution >= 0.6 is 0 Å². The van der Waals surface area contributed by atoms with Crippen molar-refractivity contribution >= 4 is 29.2 Å². The smallest absolute Gasteiger partial charge is 0.363 e. The number of esters is 2. The van der Waals surface area contributed by atoms with Crippen molar-refractivity contribution in [3.63, 3.8) is 0 Å². The van der Waals surface area contributed by atoms with Gasteiger partial charge in [0.25, 0.3) is 5.91 Å². The van der Waals surface area contributed by atoms with Crippen LogP contribution in [0.25, 0.3) is 10.4 Å². The number of azide groups is 1. The average Bonchev–Trinajstić information content (AvgIpc) is 2.73. The van der Waals surface area contributed by atoms with Gasteiger partial charge in [-0.15, -0.1) is 0 Å². The molecule has 2 rings (SSSR count). The minimum absolute atomic E-state index is 0.118. The Balaban J connectivity index is 2.35. The average molecular weight is 490 g/mol. The fourth-order valence-corrected chi connectivity index (χ4v) is 3.43. The van der Waals surface area contributed by atoms with E-state index in [0.29, 0.717) is 24.5 Å². The van der Waals surface area contributed by atoms with Gasteiger partial charge in [-0.2, -0.15) is 0 Å². The number of carbonyl (C=O) groups is 3. The summed E-state index contributed by atoms with van der Waals surface area (Å²) in [5, 5.41) is 3.72. The topological polar surface area (TPSA) is 160 Å². The lowest BCUT2D eigenvalue weighted by atomic mass is 10.00. The molecule has 1 aromatic rings. The molecule has 0 saturated carbocycles. The molecule has 0 aliphatic carbocycles. The number of hydrogen-bond acceptors (Lipinski definition) is 9. The van der Waals surface area contributed by atoms with Crippen LogP contribution < -0.4 is 10.8 Å². The quantitative estimate of drug-likeness (QED) is 0.159. The maximum absolute atomic E-state index is 13.6. The second-order valence-electron chi connectivity index (χ2n) is 10.1. The second-order valence-corrected chi connectivity index (χ2v) is 10.1. The van der Waals surface area contributed by atoms with Crippen molar-refractivity contribution in [2.45, 2.75) is 58.3 Å². The summed E-state index contributed by atoms with van der Waals surface area (Å²) in [5.74, 6) is 1.93. The molecule has 12 heteroatoms. The number of hydrogen-bond donors (Lipinski definition) is 1. The van der Waals surface area contributed by atoms with E-state index in [9.17, 15) is 14.4 Å². The first kappa shape index (κ1) is 27.9. The highest BCUT2D eigenvalue weighted by Gasteiger charge is 2.61. The van der Waals surface area contributed by atoms with E-state index in [1.165, 1.54) is 4.90 Å². The molecule has 0 atom stereocenters. The molecule has 2 N–H and O–H groups in total. The van der Waals surface area contributed by atoms with Gasteiger partial charge in [0, 0.05) is 36.8 Å². The molecule has 1 amide bonds. The Morgan fingerprint density at radius 1 is 1.00 bits per heavy atom. The Labute approximate surface area is 204 Å². The van der Waals surface area contributed by atoms with Crippen LogP contribution in [0.2, 0.25) is 0 Å². The fourth-order valence-electron chi connectivity index (χ4n) is 3.43. The highest BCUT2D eigenvalue weighted by Crippen LogP contribution is 2.32. The van der Waals surface area contributed by atoms with Gasteiger partial charge in [0.15, 0.2) is 0 Å². The molecule has 1 fully saturated rings. The Morgan fingerprint density at radius 2 is 1.51 bits per heavy atom. The van der Waals surface area contributed by atoms with Crippen molar-refractivity contribution in [2.75, 3.05) is 31.1 Å². The molecule has 1 aromatic carbocycles. The molecule has 0 unspecified atom stereocenters. The van der Waals surface area contributed by atoms with Crippen molar-refractivity contribution < 1.29 is 28.7 Å². The molecule has 1 heterocycles.